The minimum atomic E-state index is -0.903. The molecule has 0 aliphatic rings. The Labute approximate surface area is 117 Å². The smallest absolute Gasteiger partial charge is 0.223 e. The number of rotatable bonds is 6. The number of halogens is 1. The van der Waals surface area contributed by atoms with E-state index in [4.69, 9.17) is 0 Å². The molecule has 0 spiro atoms. The fraction of sp³-hybridized carbons (Fsp3) is 0.500. The first-order valence-electron chi connectivity index (χ1n) is 6.16. The van der Waals surface area contributed by atoms with Crippen molar-refractivity contribution in [3.8, 4) is 0 Å². The molecule has 0 saturated heterocycles. The second-order valence-corrected chi connectivity index (χ2v) is 6.29. The van der Waals surface area contributed by atoms with Gasteiger partial charge in [-0.2, -0.15) is 0 Å². The predicted molar refractivity (Wildman–Crippen MR) is 75.6 cm³/mol. The maximum absolute atomic E-state index is 12.7. The highest BCUT2D eigenvalue weighted by atomic mass is 32.2. The molecule has 1 atom stereocenters. The zero-order valence-electron chi connectivity index (χ0n) is 11.4. The first-order valence-corrected chi connectivity index (χ1v) is 7.15. The van der Waals surface area contributed by atoms with E-state index in [9.17, 15) is 14.3 Å². The van der Waals surface area contributed by atoms with Crippen molar-refractivity contribution < 1.29 is 14.3 Å². The van der Waals surface area contributed by atoms with E-state index >= 15 is 0 Å². The average molecular weight is 285 g/mol. The molecular formula is C14H20FNO2S. The van der Waals surface area contributed by atoms with Gasteiger partial charge in [0.1, 0.15) is 5.82 Å². The van der Waals surface area contributed by atoms with Crippen molar-refractivity contribution in [1.82, 2.24) is 5.32 Å². The molecule has 2 N–H and O–H groups in total. The second-order valence-electron chi connectivity index (χ2n) is 5.20. The Hall–Kier alpha value is -1.07. The highest BCUT2D eigenvalue weighted by molar-refractivity contribution is 7.99. The molecule has 106 valence electrons. The van der Waals surface area contributed by atoms with E-state index < -0.39 is 5.60 Å². The monoisotopic (exact) mass is 285 g/mol. The lowest BCUT2D eigenvalue weighted by Crippen LogP contribution is -2.40. The van der Waals surface area contributed by atoms with Gasteiger partial charge in [0.15, 0.2) is 0 Å². The van der Waals surface area contributed by atoms with Gasteiger partial charge >= 0.3 is 0 Å². The maximum atomic E-state index is 12.7. The number of carbonyl (C=O) groups excluding carboxylic acids is 1. The average Bonchev–Trinajstić information content (AvgIpc) is 2.34. The van der Waals surface area contributed by atoms with Gasteiger partial charge in [0.25, 0.3) is 0 Å². The Morgan fingerprint density at radius 1 is 1.42 bits per heavy atom. The SMILES string of the molecule is CC(CSc1ccc(F)cc1)C(=O)NCC(C)(C)O. The number of carbonyl (C=O) groups is 1. The van der Waals surface area contributed by atoms with Crippen LogP contribution in [0.5, 0.6) is 0 Å². The van der Waals surface area contributed by atoms with Crippen LogP contribution in [0, 0.1) is 11.7 Å². The number of hydrogen-bond donors (Lipinski definition) is 2. The van der Waals surface area contributed by atoms with Gasteiger partial charge in [-0.3, -0.25) is 4.79 Å². The van der Waals surface area contributed by atoms with E-state index in [2.05, 4.69) is 5.32 Å². The molecule has 5 heteroatoms. The van der Waals surface area contributed by atoms with Crippen LogP contribution in [0.15, 0.2) is 29.2 Å². The summed E-state index contributed by atoms with van der Waals surface area (Å²) >= 11 is 1.51. The number of thioether (sulfide) groups is 1. The van der Waals surface area contributed by atoms with Gasteiger partial charge in [-0.05, 0) is 38.1 Å². The molecule has 0 fully saturated rings. The van der Waals surface area contributed by atoms with E-state index in [0.29, 0.717) is 5.75 Å². The number of benzene rings is 1. The number of aliphatic hydroxyl groups is 1. The lowest BCUT2D eigenvalue weighted by molar-refractivity contribution is -0.124. The molecule has 0 heterocycles. The van der Waals surface area contributed by atoms with Gasteiger partial charge in [0.05, 0.1) is 5.60 Å². The Bertz CT molecular complexity index is 414. The molecule has 0 aromatic heterocycles. The zero-order valence-corrected chi connectivity index (χ0v) is 12.3. The summed E-state index contributed by atoms with van der Waals surface area (Å²) in [6, 6.07) is 6.20. The summed E-state index contributed by atoms with van der Waals surface area (Å²) in [5, 5.41) is 12.2. The van der Waals surface area contributed by atoms with Gasteiger partial charge < -0.3 is 10.4 Å². The van der Waals surface area contributed by atoms with E-state index in [-0.39, 0.29) is 24.2 Å². The Kier molecular flexibility index (Phi) is 5.82. The summed E-state index contributed by atoms with van der Waals surface area (Å²) in [5.74, 6) is 0.0954. The highest BCUT2D eigenvalue weighted by Crippen LogP contribution is 2.21. The van der Waals surface area contributed by atoms with Crippen LogP contribution in [-0.4, -0.2) is 28.9 Å². The molecule has 1 rings (SSSR count). The third kappa shape index (κ3) is 6.59. The topological polar surface area (TPSA) is 49.3 Å². The predicted octanol–water partition coefficient (Wildman–Crippen LogP) is 2.44. The molecule has 1 amide bonds. The fourth-order valence-electron chi connectivity index (χ4n) is 1.31. The van der Waals surface area contributed by atoms with Crippen LogP contribution in [0.3, 0.4) is 0 Å². The second kappa shape index (κ2) is 6.91. The van der Waals surface area contributed by atoms with Crippen molar-refractivity contribution in [1.29, 1.82) is 0 Å². The van der Waals surface area contributed by atoms with Crippen molar-refractivity contribution in [2.45, 2.75) is 31.3 Å². The van der Waals surface area contributed by atoms with E-state index in [1.54, 1.807) is 26.0 Å². The van der Waals surface area contributed by atoms with Gasteiger partial charge in [-0.25, -0.2) is 4.39 Å². The number of nitrogens with one attached hydrogen (secondary N) is 1. The van der Waals surface area contributed by atoms with Crippen molar-refractivity contribution in [2.24, 2.45) is 5.92 Å². The van der Waals surface area contributed by atoms with Crippen LogP contribution in [0.25, 0.3) is 0 Å². The van der Waals surface area contributed by atoms with Crippen LogP contribution in [0.2, 0.25) is 0 Å². The van der Waals surface area contributed by atoms with Crippen LogP contribution in [0.1, 0.15) is 20.8 Å². The van der Waals surface area contributed by atoms with Gasteiger partial charge in [0, 0.05) is 23.1 Å². The summed E-state index contributed by atoms with van der Waals surface area (Å²) < 4.78 is 12.7. The summed E-state index contributed by atoms with van der Waals surface area (Å²) in [5.41, 5.74) is -0.903. The molecule has 0 bridgehead atoms. The third-order valence-electron chi connectivity index (χ3n) is 2.46. The molecule has 0 saturated carbocycles. The van der Waals surface area contributed by atoms with Crippen LogP contribution >= 0.6 is 11.8 Å². The number of amides is 1. The molecule has 19 heavy (non-hydrogen) atoms. The first kappa shape index (κ1) is 16.0. The van der Waals surface area contributed by atoms with Gasteiger partial charge in [-0.1, -0.05) is 6.92 Å². The van der Waals surface area contributed by atoms with E-state index in [0.717, 1.165) is 4.90 Å². The lowest BCUT2D eigenvalue weighted by atomic mass is 10.1. The molecule has 3 nitrogen and oxygen atoms in total. The maximum Gasteiger partial charge on any atom is 0.223 e. The van der Waals surface area contributed by atoms with Gasteiger partial charge in [0.2, 0.25) is 5.91 Å². The van der Waals surface area contributed by atoms with Crippen LogP contribution in [0.4, 0.5) is 4.39 Å². The Morgan fingerprint density at radius 2 is 2.00 bits per heavy atom. The highest BCUT2D eigenvalue weighted by Gasteiger charge is 2.17. The third-order valence-corrected chi connectivity index (χ3v) is 3.73. The Morgan fingerprint density at radius 3 is 2.53 bits per heavy atom. The van der Waals surface area contributed by atoms with Crippen LogP contribution in [-0.2, 0) is 4.79 Å². The molecule has 0 radical (unpaired) electrons. The summed E-state index contributed by atoms with van der Waals surface area (Å²) in [4.78, 5) is 12.7. The molecule has 1 unspecified atom stereocenters. The van der Waals surface area contributed by atoms with Crippen molar-refractivity contribution in [2.75, 3.05) is 12.3 Å². The Balaban J connectivity index is 2.36. The van der Waals surface area contributed by atoms with Crippen molar-refractivity contribution in [3.05, 3.63) is 30.1 Å². The minimum absolute atomic E-state index is 0.0864. The molecule has 0 aliphatic carbocycles. The van der Waals surface area contributed by atoms with Gasteiger partial charge in [-0.15, -0.1) is 11.8 Å². The van der Waals surface area contributed by atoms with Crippen LogP contribution < -0.4 is 5.32 Å². The van der Waals surface area contributed by atoms with E-state index in [1.165, 1.54) is 23.9 Å². The summed E-state index contributed by atoms with van der Waals surface area (Å²) in [6.07, 6.45) is 0. The normalized spacial score (nSPS) is 13.1. The lowest BCUT2D eigenvalue weighted by Gasteiger charge is -2.19. The molecule has 0 aliphatic heterocycles. The largest absolute Gasteiger partial charge is 0.389 e. The summed E-state index contributed by atoms with van der Waals surface area (Å²) in [7, 11) is 0. The standard InChI is InChI=1S/C14H20FNO2S/c1-10(13(17)16-9-14(2,3)18)8-19-12-6-4-11(15)5-7-12/h4-7,10,18H,8-9H2,1-3H3,(H,16,17). The zero-order chi connectivity index (χ0) is 14.5. The molecule has 1 aromatic carbocycles. The minimum Gasteiger partial charge on any atom is -0.389 e. The van der Waals surface area contributed by atoms with Crippen molar-refractivity contribution in [3.63, 3.8) is 0 Å². The number of hydrogen-bond acceptors (Lipinski definition) is 3. The molecule has 1 aromatic rings. The first-order chi connectivity index (χ1) is 8.78. The fourth-order valence-corrected chi connectivity index (χ4v) is 2.23. The molecular weight excluding hydrogens is 265 g/mol. The quantitative estimate of drug-likeness (QED) is 0.789. The van der Waals surface area contributed by atoms with E-state index in [1.807, 2.05) is 6.92 Å². The summed E-state index contributed by atoms with van der Waals surface area (Å²) in [6.45, 7) is 5.35. The van der Waals surface area contributed by atoms with Crippen molar-refractivity contribution >= 4 is 17.7 Å².